The summed E-state index contributed by atoms with van der Waals surface area (Å²) in [5, 5.41) is 0. The number of ether oxygens (including phenoxy) is 3. The summed E-state index contributed by atoms with van der Waals surface area (Å²) in [4.78, 5) is 25.5. The van der Waals surface area contributed by atoms with Crippen molar-refractivity contribution >= 4 is 11.9 Å². The predicted octanol–water partition coefficient (Wildman–Crippen LogP) is 19.3. The zero-order chi connectivity index (χ0) is 49.2. The largest absolute Gasteiger partial charge is 0.462 e. The fourth-order valence-electron chi connectivity index (χ4n) is 7.36. The summed E-state index contributed by atoms with van der Waals surface area (Å²) in [6.45, 7) is 7.42. The molecule has 5 heteroatoms. The summed E-state index contributed by atoms with van der Waals surface area (Å²) in [6.07, 6.45) is 80.9. The third-order valence-corrected chi connectivity index (χ3v) is 11.5. The Labute approximate surface area is 420 Å². The Balaban J connectivity index is 4.39. The van der Waals surface area contributed by atoms with E-state index in [-0.39, 0.29) is 25.2 Å². The number of allylic oxidation sites excluding steroid dienone is 20. The van der Waals surface area contributed by atoms with Gasteiger partial charge in [0.05, 0.1) is 6.61 Å². The molecule has 1 unspecified atom stereocenters. The van der Waals surface area contributed by atoms with E-state index in [0.717, 1.165) is 116 Å². The number of hydrogen-bond donors (Lipinski definition) is 0. The molecule has 0 rings (SSSR count). The van der Waals surface area contributed by atoms with Crippen LogP contribution in [-0.2, 0) is 23.8 Å². The number of carbonyl (C=O) groups excluding carboxylic acids is 2. The van der Waals surface area contributed by atoms with Crippen molar-refractivity contribution < 1.29 is 23.8 Å². The topological polar surface area (TPSA) is 61.8 Å². The molecule has 0 aliphatic heterocycles. The zero-order valence-corrected chi connectivity index (χ0v) is 44.3. The van der Waals surface area contributed by atoms with Gasteiger partial charge in [-0.3, -0.25) is 9.59 Å². The Morgan fingerprint density at radius 2 is 0.662 bits per heavy atom. The van der Waals surface area contributed by atoms with Gasteiger partial charge in [-0.2, -0.15) is 0 Å². The quantitative estimate of drug-likeness (QED) is 0.0345. The van der Waals surface area contributed by atoms with Crippen molar-refractivity contribution in [3.8, 4) is 0 Å². The molecular weight excluding hydrogens is 837 g/mol. The highest BCUT2D eigenvalue weighted by molar-refractivity contribution is 5.70. The van der Waals surface area contributed by atoms with Crippen molar-refractivity contribution in [2.24, 2.45) is 0 Å². The second-order valence-electron chi connectivity index (χ2n) is 18.1. The summed E-state index contributed by atoms with van der Waals surface area (Å²) in [6, 6.07) is 0. The molecule has 0 amide bonds. The number of carbonyl (C=O) groups is 2. The maximum absolute atomic E-state index is 12.8. The van der Waals surface area contributed by atoms with Gasteiger partial charge in [0.25, 0.3) is 0 Å². The Morgan fingerprint density at radius 1 is 0.338 bits per heavy atom. The van der Waals surface area contributed by atoms with E-state index in [1.807, 2.05) is 0 Å². The standard InChI is InChI=1S/C63H104O5/c1-4-7-10-13-16-19-22-25-27-29-31-33-35-37-40-43-46-49-52-55-58-66-59-61(68-63(65)57-54-51-48-45-42-38-24-21-18-15-12-9-6-3)60-67-62(64)56-53-50-47-44-41-39-36-34-32-30-28-26-23-20-17-14-11-8-5-2/h7,9-10,12,16,18-19,21,25-28,31,33,37-38,40,42,46,49,61H,4-6,8,11,13-15,17,20,22-24,29-30,32,34-36,39,41,43-45,47-48,50-60H2,1-3H3/b10-7-,12-9-,19-16-,21-18-,27-25-,28-26-,33-31-,40-37-,42-38-,49-46-. The Bertz CT molecular complexity index is 1390. The number of rotatable bonds is 50. The van der Waals surface area contributed by atoms with Crippen LogP contribution in [0.5, 0.6) is 0 Å². The first-order valence-electron chi connectivity index (χ1n) is 28.1. The van der Waals surface area contributed by atoms with Gasteiger partial charge in [0, 0.05) is 19.4 Å². The molecule has 0 aromatic carbocycles. The molecule has 386 valence electrons. The molecule has 0 spiro atoms. The van der Waals surface area contributed by atoms with Crippen LogP contribution in [0.4, 0.5) is 0 Å². The second-order valence-corrected chi connectivity index (χ2v) is 18.1. The predicted molar refractivity (Wildman–Crippen MR) is 297 cm³/mol. The molecule has 0 saturated heterocycles. The molecule has 0 heterocycles. The molecule has 1 atom stereocenters. The molecular formula is C63H104O5. The van der Waals surface area contributed by atoms with E-state index in [0.29, 0.717) is 19.4 Å². The van der Waals surface area contributed by atoms with E-state index in [1.54, 1.807) is 0 Å². The van der Waals surface area contributed by atoms with Crippen molar-refractivity contribution in [3.05, 3.63) is 122 Å². The van der Waals surface area contributed by atoms with Gasteiger partial charge < -0.3 is 14.2 Å². The van der Waals surface area contributed by atoms with Gasteiger partial charge in [-0.15, -0.1) is 0 Å². The summed E-state index contributed by atoms with van der Waals surface area (Å²) >= 11 is 0. The van der Waals surface area contributed by atoms with Gasteiger partial charge in [-0.1, -0.05) is 226 Å². The van der Waals surface area contributed by atoms with Crippen molar-refractivity contribution in [3.63, 3.8) is 0 Å². The van der Waals surface area contributed by atoms with E-state index < -0.39 is 6.10 Å². The zero-order valence-electron chi connectivity index (χ0n) is 44.3. The second kappa shape index (κ2) is 57.6. The van der Waals surface area contributed by atoms with Crippen LogP contribution >= 0.6 is 0 Å². The van der Waals surface area contributed by atoms with Crippen molar-refractivity contribution in [2.45, 2.75) is 245 Å². The Kier molecular flexibility index (Phi) is 54.5. The molecule has 5 nitrogen and oxygen atoms in total. The minimum Gasteiger partial charge on any atom is -0.462 e. The first kappa shape index (κ1) is 64.3. The van der Waals surface area contributed by atoms with E-state index in [4.69, 9.17) is 14.2 Å². The minimum absolute atomic E-state index is 0.0424. The SMILES string of the molecule is CC/C=C\C/C=C\C/C=C\C/C=C\C/C=C\C/C=C\CCCOCC(COC(=O)CCCCCCCCCCC/C=C\CCCCCCCC)OC(=O)CCCCC/C=C\C/C=C\C/C=C\CC. The lowest BCUT2D eigenvalue weighted by Gasteiger charge is -2.18. The molecule has 0 aromatic rings. The highest BCUT2D eigenvalue weighted by atomic mass is 16.6. The third-order valence-electron chi connectivity index (χ3n) is 11.5. The van der Waals surface area contributed by atoms with Crippen LogP contribution in [0.15, 0.2) is 122 Å². The smallest absolute Gasteiger partial charge is 0.306 e. The lowest BCUT2D eigenvalue weighted by molar-refractivity contribution is -0.163. The summed E-state index contributed by atoms with van der Waals surface area (Å²) in [5.74, 6) is -0.470. The highest BCUT2D eigenvalue weighted by Crippen LogP contribution is 2.14. The van der Waals surface area contributed by atoms with Gasteiger partial charge >= 0.3 is 11.9 Å². The normalized spacial score (nSPS) is 13.2. The molecule has 0 aliphatic carbocycles. The first-order valence-corrected chi connectivity index (χ1v) is 28.1. The lowest BCUT2D eigenvalue weighted by atomic mass is 10.1. The van der Waals surface area contributed by atoms with Crippen LogP contribution in [0.1, 0.15) is 239 Å². The number of unbranched alkanes of at least 4 members (excludes halogenated alkanes) is 19. The number of hydrogen-bond acceptors (Lipinski definition) is 5. The van der Waals surface area contributed by atoms with Crippen molar-refractivity contribution in [1.29, 1.82) is 0 Å². The summed E-state index contributed by atoms with van der Waals surface area (Å²) in [5.41, 5.74) is 0. The fourth-order valence-corrected chi connectivity index (χ4v) is 7.36. The van der Waals surface area contributed by atoms with Crippen molar-refractivity contribution in [2.75, 3.05) is 19.8 Å². The van der Waals surface area contributed by atoms with Crippen LogP contribution in [0, 0.1) is 0 Å². The Morgan fingerprint density at radius 3 is 1.09 bits per heavy atom. The molecule has 0 radical (unpaired) electrons. The maximum Gasteiger partial charge on any atom is 0.306 e. The van der Waals surface area contributed by atoms with E-state index in [2.05, 4.69) is 142 Å². The van der Waals surface area contributed by atoms with Gasteiger partial charge in [-0.05, 0) is 122 Å². The van der Waals surface area contributed by atoms with E-state index in [9.17, 15) is 9.59 Å². The summed E-state index contributed by atoms with van der Waals surface area (Å²) < 4.78 is 17.4. The van der Waals surface area contributed by atoms with Crippen LogP contribution in [0.3, 0.4) is 0 Å². The van der Waals surface area contributed by atoms with E-state index >= 15 is 0 Å². The molecule has 0 N–H and O–H groups in total. The molecule has 0 aliphatic rings. The fraction of sp³-hybridized carbons (Fsp3) is 0.651. The average Bonchev–Trinajstić information content (AvgIpc) is 3.34. The molecule has 0 bridgehead atoms. The molecule has 0 fully saturated rings. The number of esters is 2. The van der Waals surface area contributed by atoms with Crippen LogP contribution in [0.25, 0.3) is 0 Å². The summed E-state index contributed by atoms with van der Waals surface area (Å²) in [7, 11) is 0. The molecule has 68 heavy (non-hydrogen) atoms. The third kappa shape index (κ3) is 54.9. The van der Waals surface area contributed by atoms with E-state index in [1.165, 1.54) is 89.9 Å². The highest BCUT2D eigenvalue weighted by Gasteiger charge is 2.17. The van der Waals surface area contributed by atoms with Gasteiger partial charge in [0.15, 0.2) is 6.10 Å². The lowest BCUT2D eigenvalue weighted by Crippen LogP contribution is -2.30. The molecule has 0 aromatic heterocycles. The average molecular weight is 942 g/mol. The van der Waals surface area contributed by atoms with Crippen LogP contribution in [-0.4, -0.2) is 37.9 Å². The monoisotopic (exact) mass is 941 g/mol. The van der Waals surface area contributed by atoms with Gasteiger partial charge in [0.2, 0.25) is 0 Å². The van der Waals surface area contributed by atoms with Gasteiger partial charge in [-0.25, -0.2) is 0 Å². The minimum atomic E-state index is -0.591. The maximum atomic E-state index is 12.8. The molecule has 0 saturated carbocycles. The van der Waals surface area contributed by atoms with Gasteiger partial charge in [0.1, 0.15) is 6.61 Å². The van der Waals surface area contributed by atoms with Crippen LogP contribution < -0.4 is 0 Å². The van der Waals surface area contributed by atoms with Crippen LogP contribution in [0.2, 0.25) is 0 Å². The van der Waals surface area contributed by atoms with Crippen molar-refractivity contribution in [1.82, 2.24) is 0 Å². The Hall–Kier alpha value is -3.70. The first-order chi connectivity index (χ1) is 33.6.